The molecule has 9 nitrogen and oxygen atoms in total. The van der Waals surface area contributed by atoms with E-state index >= 15 is 0 Å². The number of ketones is 1. The Labute approximate surface area is 209 Å². The van der Waals surface area contributed by atoms with Crippen LogP contribution in [0.5, 0.6) is 0 Å². The lowest BCUT2D eigenvalue weighted by Crippen LogP contribution is -2.25. The lowest BCUT2D eigenvalue weighted by atomic mass is 10.1. The molecule has 0 aliphatic carbocycles. The average Bonchev–Trinajstić information content (AvgIpc) is 3.26. The molecule has 0 saturated heterocycles. The minimum Gasteiger partial charge on any atom is -0.460 e. The molecule has 0 aliphatic rings. The van der Waals surface area contributed by atoms with Crippen LogP contribution in [0.25, 0.3) is 10.9 Å². The number of ether oxygens (including phenoxy) is 1. The van der Waals surface area contributed by atoms with Gasteiger partial charge in [0.05, 0.1) is 41.8 Å². The van der Waals surface area contributed by atoms with E-state index in [-0.39, 0.29) is 24.6 Å². The van der Waals surface area contributed by atoms with Crippen molar-refractivity contribution in [2.75, 3.05) is 0 Å². The van der Waals surface area contributed by atoms with Gasteiger partial charge in [-0.05, 0) is 64.8 Å². The molecule has 4 rings (SSSR count). The van der Waals surface area contributed by atoms with Gasteiger partial charge in [-0.2, -0.15) is 0 Å². The molecule has 36 heavy (non-hydrogen) atoms. The van der Waals surface area contributed by atoms with Gasteiger partial charge in [-0.3, -0.25) is 24.5 Å². The number of rotatable bonds is 8. The highest BCUT2D eigenvalue weighted by Gasteiger charge is 2.18. The number of aromatic nitrogens is 6. The molecule has 0 N–H and O–H groups in total. The number of pyridine rings is 1. The predicted molar refractivity (Wildman–Crippen MR) is 135 cm³/mol. The van der Waals surface area contributed by atoms with E-state index in [1.807, 2.05) is 58.9 Å². The van der Waals surface area contributed by atoms with Crippen molar-refractivity contribution < 1.29 is 14.3 Å². The summed E-state index contributed by atoms with van der Waals surface area (Å²) in [6, 6.07) is 10.1. The van der Waals surface area contributed by atoms with Crippen LogP contribution < -0.4 is 0 Å². The second kappa shape index (κ2) is 10.3. The van der Waals surface area contributed by atoms with Crippen molar-refractivity contribution in [3.8, 4) is 0 Å². The van der Waals surface area contributed by atoms with Crippen LogP contribution in [0.4, 0.5) is 0 Å². The number of hydrogen-bond donors (Lipinski definition) is 0. The second-order valence-corrected chi connectivity index (χ2v) is 9.86. The summed E-state index contributed by atoms with van der Waals surface area (Å²) < 4.78 is 6.99. The summed E-state index contributed by atoms with van der Waals surface area (Å²) in [5.41, 5.74) is 4.69. The fraction of sp³-hybridized carbons (Fsp3) is 0.370. The van der Waals surface area contributed by atoms with Crippen molar-refractivity contribution in [2.45, 2.75) is 66.0 Å². The molecule has 0 atom stereocenters. The van der Waals surface area contributed by atoms with Crippen molar-refractivity contribution in [1.29, 1.82) is 0 Å². The zero-order valence-corrected chi connectivity index (χ0v) is 21.3. The summed E-state index contributed by atoms with van der Waals surface area (Å²) in [7, 11) is 0. The molecule has 0 amide bonds. The van der Waals surface area contributed by atoms with E-state index in [9.17, 15) is 9.59 Å². The third kappa shape index (κ3) is 6.56. The van der Waals surface area contributed by atoms with Gasteiger partial charge in [0, 0.05) is 23.7 Å². The van der Waals surface area contributed by atoms with Crippen LogP contribution >= 0.6 is 0 Å². The number of hydrogen-bond acceptors (Lipinski definition) is 8. The van der Waals surface area contributed by atoms with Crippen LogP contribution in [0.15, 0.2) is 42.7 Å². The Morgan fingerprint density at radius 1 is 1.06 bits per heavy atom. The molecule has 0 unspecified atom stereocenters. The number of esters is 1. The standard InChI is InChI=1S/C27H30N6O3/c1-17-6-8-20-12-19(7-9-23(20)29-17)15-33-16-24(31-32-33)25(34)11-10-22-18(2)30-21(14-28-22)13-26(35)36-27(3,4)5/h6-9,12,14,16H,10-11,13,15H2,1-5H3. The summed E-state index contributed by atoms with van der Waals surface area (Å²) in [6.45, 7) is 9.76. The number of Topliss-reactive ketones (excluding diaryl/α,β-unsaturated/α-hetero) is 1. The summed E-state index contributed by atoms with van der Waals surface area (Å²) >= 11 is 0. The fourth-order valence-corrected chi connectivity index (χ4v) is 3.84. The lowest BCUT2D eigenvalue weighted by molar-refractivity contribution is -0.154. The quantitative estimate of drug-likeness (QED) is 0.271. The maximum Gasteiger partial charge on any atom is 0.312 e. The summed E-state index contributed by atoms with van der Waals surface area (Å²) in [5, 5.41) is 9.24. The van der Waals surface area contributed by atoms with Gasteiger partial charge >= 0.3 is 5.97 Å². The van der Waals surface area contributed by atoms with Crippen LogP contribution in [0, 0.1) is 13.8 Å². The number of nitrogens with zero attached hydrogens (tertiary/aromatic N) is 6. The second-order valence-electron chi connectivity index (χ2n) is 9.86. The molecule has 186 valence electrons. The molecule has 0 saturated carbocycles. The van der Waals surface area contributed by atoms with E-state index in [1.165, 1.54) is 0 Å². The zero-order chi connectivity index (χ0) is 25.9. The number of aryl methyl sites for hydroxylation is 3. The highest BCUT2D eigenvalue weighted by molar-refractivity contribution is 5.93. The number of carbonyl (C=O) groups is 2. The summed E-state index contributed by atoms with van der Waals surface area (Å²) in [4.78, 5) is 38.1. The zero-order valence-electron chi connectivity index (χ0n) is 21.3. The van der Waals surface area contributed by atoms with E-state index in [2.05, 4.69) is 31.3 Å². The average molecular weight is 487 g/mol. The molecule has 3 aromatic heterocycles. The van der Waals surface area contributed by atoms with E-state index in [0.717, 1.165) is 22.2 Å². The molecule has 0 spiro atoms. The maximum atomic E-state index is 12.7. The molecular formula is C27H30N6O3. The molecule has 0 fully saturated rings. The molecule has 0 bridgehead atoms. The monoisotopic (exact) mass is 486 g/mol. The Balaban J connectivity index is 1.34. The number of carbonyl (C=O) groups excluding carboxylic acids is 2. The van der Waals surface area contributed by atoms with Gasteiger partial charge in [0.15, 0.2) is 5.78 Å². The third-order valence-corrected chi connectivity index (χ3v) is 5.49. The first-order valence-electron chi connectivity index (χ1n) is 11.9. The smallest absolute Gasteiger partial charge is 0.312 e. The molecule has 4 aromatic rings. The number of benzene rings is 1. The van der Waals surface area contributed by atoms with Gasteiger partial charge in [-0.15, -0.1) is 5.10 Å². The Kier molecular flexibility index (Phi) is 7.19. The van der Waals surface area contributed by atoms with Crippen LogP contribution in [0.3, 0.4) is 0 Å². The normalized spacial score (nSPS) is 11.6. The minimum absolute atomic E-state index is 0.0563. The van der Waals surface area contributed by atoms with Crippen molar-refractivity contribution in [2.24, 2.45) is 0 Å². The Hall–Kier alpha value is -4.01. The van der Waals surface area contributed by atoms with Gasteiger partial charge in [0.1, 0.15) is 11.3 Å². The molecule has 3 heterocycles. The first-order chi connectivity index (χ1) is 17.1. The van der Waals surface area contributed by atoms with Crippen LogP contribution in [-0.2, 0) is 28.9 Å². The SMILES string of the molecule is Cc1ccc2cc(Cn3cc(C(=O)CCc4ncc(CC(=O)OC(C)(C)C)nc4C)nn3)ccc2n1. The Morgan fingerprint density at radius 3 is 2.61 bits per heavy atom. The minimum atomic E-state index is -0.548. The van der Waals surface area contributed by atoms with Crippen LogP contribution in [0.2, 0.25) is 0 Å². The van der Waals surface area contributed by atoms with Crippen LogP contribution in [0.1, 0.15) is 66.0 Å². The predicted octanol–water partition coefficient (Wildman–Crippen LogP) is 3.98. The topological polar surface area (TPSA) is 113 Å². The van der Waals surface area contributed by atoms with Gasteiger partial charge in [0.2, 0.25) is 0 Å². The van der Waals surface area contributed by atoms with Gasteiger partial charge in [0.25, 0.3) is 0 Å². The lowest BCUT2D eigenvalue weighted by Gasteiger charge is -2.19. The number of fused-ring (bicyclic) bond motifs is 1. The third-order valence-electron chi connectivity index (χ3n) is 5.49. The molecule has 1 aromatic carbocycles. The summed E-state index contributed by atoms with van der Waals surface area (Å²) in [5.74, 6) is -0.462. The maximum absolute atomic E-state index is 12.7. The van der Waals surface area contributed by atoms with Crippen molar-refractivity contribution >= 4 is 22.7 Å². The largest absolute Gasteiger partial charge is 0.460 e. The Bertz CT molecular complexity index is 1420. The van der Waals surface area contributed by atoms with Gasteiger partial charge in [-0.25, -0.2) is 4.68 Å². The highest BCUT2D eigenvalue weighted by atomic mass is 16.6. The van der Waals surface area contributed by atoms with Crippen molar-refractivity contribution in [3.63, 3.8) is 0 Å². The van der Waals surface area contributed by atoms with E-state index < -0.39 is 5.60 Å². The fourth-order valence-electron chi connectivity index (χ4n) is 3.84. The highest BCUT2D eigenvalue weighted by Crippen LogP contribution is 2.16. The van der Waals surface area contributed by atoms with Gasteiger partial charge < -0.3 is 4.74 Å². The van der Waals surface area contributed by atoms with Gasteiger partial charge in [-0.1, -0.05) is 17.3 Å². The molecule has 0 aliphatic heterocycles. The molecule has 9 heteroatoms. The van der Waals surface area contributed by atoms with Crippen molar-refractivity contribution in [3.05, 3.63) is 76.8 Å². The first-order valence-corrected chi connectivity index (χ1v) is 11.9. The molecular weight excluding hydrogens is 456 g/mol. The van der Waals surface area contributed by atoms with E-state index in [0.29, 0.717) is 35.7 Å². The van der Waals surface area contributed by atoms with Crippen molar-refractivity contribution in [1.82, 2.24) is 29.9 Å². The molecule has 0 radical (unpaired) electrons. The van der Waals surface area contributed by atoms with Crippen LogP contribution in [-0.4, -0.2) is 47.3 Å². The van der Waals surface area contributed by atoms with E-state index in [1.54, 1.807) is 17.1 Å². The Morgan fingerprint density at radius 2 is 1.86 bits per heavy atom. The van der Waals surface area contributed by atoms with E-state index in [4.69, 9.17) is 4.74 Å². The summed E-state index contributed by atoms with van der Waals surface area (Å²) in [6.07, 6.45) is 3.95. The first kappa shape index (κ1) is 25.1.